The van der Waals surface area contributed by atoms with Gasteiger partial charge >= 0.3 is 12.1 Å². The molecule has 0 saturated carbocycles. The summed E-state index contributed by atoms with van der Waals surface area (Å²) in [4.78, 5) is 114. The Kier molecular flexibility index (Phi) is 28.0. The molecule has 1 heterocycles. The fourth-order valence-electron chi connectivity index (χ4n) is 10.7. The third kappa shape index (κ3) is 19.1. The molecule has 81 heavy (non-hydrogen) atoms. The smallest absolute Gasteiger partial charge is 0.410 e. The second-order valence-electron chi connectivity index (χ2n) is 22.5. The second-order valence-corrected chi connectivity index (χ2v) is 22.5. The normalized spacial score (nSPS) is 18.2. The van der Waals surface area contributed by atoms with Crippen molar-refractivity contribution in [2.75, 3.05) is 53.8 Å². The standard InChI is InChI=1S/C59H96N10O12/c1-16-38(8)50(45(79-14)33-46(70)69-32-21-20-30-59(69,80-15)39(9)52(72)63-40(10)51(71)42-23-18-17-19-24-42)67(12)56(76)48(36(4)5)66-55(75)49(37(6)7)68(13)58(78)81-34-41-26-28-43(29-27-41)64-53(73)44(25-22-31-62-57(60)77)65-54(74)47(61-11)35(2)3/h17-19,23-24,26-29,35-40,44-45,47-51,61,71H,16,20-22,25,30-34H2,1-15H3,(H,63,72)(H,64,73)(H,65,74)(H,66,75)(H3,60,62,77)/t38-,39-,40+,44-,45+,47-,48+,49-,50-,51+,59?/m1/s1. The van der Waals surface area contributed by atoms with E-state index in [0.29, 0.717) is 55.5 Å². The van der Waals surface area contributed by atoms with E-state index in [1.807, 2.05) is 59.7 Å². The number of nitrogens with zero attached hydrogens (tertiary/aromatic N) is 3. The Hall–Kier alpha value is -6.36. The Bertz CT molecular complexity index is 2360. The highest BCUT2D eigenvalue weighted by Crippen LogP contribution is 2.38. The number of hydrogen-bond donors (Lipinski definition) is 8. The number of methoxy groups -OCH3 is 2. The predicted octanol–water partition coefficient (Wildman–Crippen LogP) is 5.04. The molecule has 1 fully saturated rings. The minimum absolute atomic E-state index is 0.0501. The summed E-state index contributed by atoms with van der Waals surface area (Å²) < 4.78 is 18.0. The van der Waals surface area contributed by atoms with Crippen LogP contribution >= 0.6 is 0 Å². The number of likely N-dealkylation sites (tertiary alicyclic amines) is 1. The summed E-state index contributed by atoms with van der Waals surface area (Å²) in [6, 6.07) is 10.1. The molecule has 11 atom stereocenters. The predicted molar refractivity (Wildman–Crippen MR) is 310 cm³/mol. The van der Waals surface area contributed by atoms with E-state index in [-0.39, 0.29) is 55.6 Å². The van der Waals surface area contributed by atoms with Gasteiger partial charge in [-0.2, -0.15) is 0 Å². The first-order valence-electron chi connectivity index (χ1n) is 28.5. The van der Waals surface area contributed by atoms with Crippen LogP contribution in [0.15, 0.2) is 54.6 Å². The molecule has 1 aliphatic rings. The summed E-state index contributed by atoms with van der Waals surface area (Å²) in [6.45, 7) is 18.7. The zero-order valence-electron chi connectivity index (χ0n) is 50.6. The van der Waals surface area contributed by atoms with Gasteiger partial charge in [-0.3, -0.25) is 33.7 Å². The van der Waals surface area contributed by atoms with Crippen molar-refractivity contribution >= 4 is 53.3 Å². The average molecular weight is 1140 g/mol. The van der Waals surface area contributed by atoms with Gasteiger partial charge in [0.05, 0.1) is 42.7 Å². The van der Waals surface area contributed by atoms with Crippen LogP contribution < -0.4 is 37.6 Å². The number of aliphatic hydroxyl groups is 1. The minimum Gasteiger partial charge on any atom is -0.445 e. The Morgan fingerprint density at radius 2 is 1.40 bits per heavy atom. The van der Waals surface area contributed by atoms with Gasteiger partial charge in [0, 0.05) is 47.1 Å². The summed E-state index contributed by atoms with van der Waals surface area (Å²) in [5.41, 5.74) is 5.53. The number of nitrogens with two attached hydrogens (primary N) is 1. The van der Waals surface area contributed by atoms with Crippen LogP contribution in [0.2, 0.25) is 0 Å². The zero-order chi connectivity index (χ0) is 60.9. The number of carbonyl (C=O) groups excluding carboxylic acids is 8. The Morgan fingerprint density at radius 3 is 1.94 bits per heavy atom. The maximum atomic E-state index is 14.8. The maximum absolute atomic E-state index is 14.8. The van der Waals surface area contributed by atoms with Gasteiger partial charge in [0.15, 0.2) is 5.72 Å². The molecule has 1 saturated heterocycles. The second kappa shape index (κ2) is 32.9. The van der Waals surface area contributed by atoms with E-state index >= 15 is 0 Å². The number of likely N-dealkylation sites (N-methyl/N-ethyl adjacent to an activating group) is 3. The fourth-order valence-corrected chi connectivity index (χ4v) is 10.7. The van der Waals surface area contributed by atoms with Gasteiger partial charge < -0.3 is 66.8 Å². The molecule has 0 aromatic heterocycles. The van der Waals surface area contributed by atoms with Gasteiger partial charge in [0.25, 0.3) is 0 Å². The monoisotopic (exact) mass is 1140 g/mol. The molecule has 3 rings (SSSR count). The van der Waals surface area contributed by atoms with Gasteiger partial charge in [-0.15, -0.1) is 0 Å². The van der Waals surface area contributed by atoms with Crippen LogP contribution in [-0.2, 0) is 49.6 Å². The molecular formula is C59H96N10O12. The first kappa shape index (κ1) is 68.9. The highest BCUT2D eigenvalue weighted by atomic mass is 16.6. The fraction of sp³-hybridized carbons (Fsp3) is 0.661. The van der Waals surface area contributed by atoms with Gasteiger partial charge in [-0.05, 0) is 99.9 Å². The number of amides is 9. The van der Waals surface area contributed by atoms with E-state index < -0.39 is 102 Å². The maximum Gasteiger partial charge on any atom is 0.410 e. The zero-order valence-corrected chi connectivity index (χ0v) is 50.6. The third-order valence-electron chi connectivity index (χ3n) is 15.7. The molecule has 1 unspecified atom stereocenters. The Labute approximate surface area is 480 Å². The summed E-state index contributed by atoms with van der Waals surface area (Å²) in [5.74, 6) is -4.41. The average Bonchev–Trinajstić information content (AvgIpc) is 3.45. The van der Waals surface area contributed by atoms with Crippen molar-refractivity contribution in [1.29, 1.82) is 0 Å². The number of ether oxygens (including phenoxy) is 3. The quantitative estimate of drug-likeness (QED) is 0.0460. The highest BCUT2D eigenvalue weighted by Gasteiger charge is 2.50. The number of rotatable bonds is 31. The molecule has 0 spiro atoms. The van der Waals surface area contributed by atoms with Gasteiger partial charge in [-0.1, -0.05) is 104 Å². The largest absolute Gasteiger partial charge is 0.445 e. The topological polar surface area (TPSA) is 292 Å². The molecule has 9 amide bonds. The van der Waals surface area contributed by atoms with Crippen LogP contribution in [0, 0.1) is 29.6 Å². The van der Waals surface area contributed by atoms with Crippen LogP contribution in [-0.4, -0.2) is 164 Å². The van der Waals surface area contributed by atoms with Crippen LogP contribution in [0.4, 0.5) is 15.3 Å². The molecule has 2 aromatic rings. The van der Waals surface area contributed by atoms with Gasteiger partial charge in [0.1, 0.15) is 24.7 Å². The van der Waals surface area contributed by atoms with Crippen molar-refractivity contribution < 1.29 is 57.7 Å². The molecule has 9 N–H and O–H groups in total. The molecule has 454 valence electrons. The van der Waals surface area contributed by atoms with Gasteiger partial charge in [0.2, 0.25) is 35.4 Å². The van der Waals surface area contributed by atoms with E-state index in [9.17, 15) is 43.5 Å². The summed E-state index contributed by atoms with van der Waals surface area (Å²) in [5, 5.41) is 28.0. The lowest BCUT2D eigenvalue weighted by atomic mass is 9.84. The number of urea groups is 1. The van der Waals surface area contributed by atoms with Crippen LogP contribution in [0.1, 0.15) is 131 Å². The first-order valence-corrected chi connectivity index (χ1v) is 28.5. The van der Waals surface area contributed by atoms with Crippen molar-refractivity contribution in [2.45, 2.75) is 175 Å². The molecule has 1 aliphatic heterocycles. The lowest BCUT2D eigenvalue weighted by molar-refractivity contribution is -0.201. The molecule has 0 bridgehead atoms. The number of primary amides is 1. The number of aliphatic hydroxyl groups excluding tert-OH is 1. The van der Waals surface area contributed by atoms with Crippen molar-refractivity contribution in [1.82, 2.24) is 41.3 Å². The molecule has 0 aliphatic carbocycles. The lowest BCUT2D eigenvalue weighted by Crippen LogP contribution is -2.64. The van der Waals surface area contributed by atoms with E-state index in [4.69, 9.17) is 19.9 Å². The van der Waals surface area contributed by atoms with Crippen LogP contribution in [0.5, 0.6) is 0 Å². The van der Waals surface area contributed by atoms with Gasteiger partial charge in [-0.25, -0.2) is 9.59 Å². The molecule has 2 aromatic carbocycles. The number of hydrogen-bond acceptors (Lipinski definition) is 13. The van der Waals surface area contributed by atoms with Crippen molar-refractivity contribution in [3.8, 4) is 0 Å². The first-order chi connectivity index (χ1) is 38.2. The van der Waals surface area contributed by atoms with Crippen molar-refractivity contribution in [3.63, 3.8) is 0 Å². The number of anilines is 1. The van der Waals surface area contributed by atoms with Crippen LogP contribution in [0.25, 0.3) is 0 Å². The van der Waals surface area contributed by atoms with Crippen molar-refractivity contribution in [3.05, 3.63) is 65.7 Å². The summed E-state index contributed by atoms with van der Waals surface area (Å²) in [7, 11) is 7.74. The van der Waals surface area contributed by atoms with E-state index in [2.05, 4.69) is 31.9 Å². The Morgan fingerprint density at radius 1 is 0.765 bits per heavy atom. The molecular weight excluding hydrogens is 1040 g/mol. The third-order valence-corrected chi connectivity index (χ3v) is 15.7. The number of piperidine rings is 1. The number of carbonyl (C=O) groups is 8. The van der Waals surface area contributed by atoms with Crippen molar-refractivity contribution in [2.24, 2.45) is 35.3 Å². The number of nitrogens with one attached hydrogen (secondary N) is 6. The van der Waals surface area contributed by atoms with E-state index in [1.54, 1.807) is 88.0 Å². The van der Waals surface area contributed by atoms with Crippen LogP contribution in [0.3, 0.4) is 0 Å². The summed E-state index contributed by atoms with van der Waals surface area (Å²) >= 11 is 0. The Balaban J connectivity index is 1.74. The minimum atomic E-state index is -1.30. The van der Waals surface area contributed by atoms with E-state index in [0.717, 1.165) is 0 Å². The summed E-state index contributed by atoms with van der Waals surface area (Å²) in [6.07, 6.45) is 0.269. The lowest BCUT2D eigenvalue weighted by Gasteiger charge is -2.49. The highest BCUT2D eigenvalue weighted by molar-refractivity contribution is 5.98. The number of benzene rings is 2. The molecule has 22 heteroatoms. The van der Waals surface area contributed by atoms with E-state index in [1.165, 1.54) is 26.2 Å². The molecule has 22 nitrogen and oxygen atoms in total. The molecule has 0 radical (unpaired) electrons. The SMILES string of the molecule is CC[C@@H](C)[C@H]([C@H](CC(=O)N1CCCCC1(OC)[C@H](C)C(=O)N[C@@H](C)[C@H](O)c1ccccc1)OC)N(C)C(=O)[C@@H](NC(=O)[C@@H](C(C)C)N(C)C(=O)OCc1ccc(NC(=O)[C@@H](CCCNC(N)=O)NC(=O)[C@H](NC)C(C)C)cc1)C(C)C.